The highest BCUT2D eigenvalue weighted by atomic mass is 31.1. The van der Waals surface area contributed by atoms with Gasteiger partial charge in [-0.25, -0.2) is 9.59 Å². The van der Waals surface area contributed by atoms with Crippen molar-refractivity contribution in [2.45, 2.75) is 213 Å². The highest BCUT2D eigenvalue weighted by Gasteiger charge is 2.58. The van der Waals surface area contributed by atoms with E-state index < -0.39 is 44.3 Å². The first-order valence-corrected chi connectivity index (χ1v) is 21.2. The van der Waals surface area contributed by atoms with Crippen molar-refractivity contribution in [2.24, 2.45) is 0 Å². The molecule has 0 aromatic carbocycles. The topological polar surface area (TPSA) is 107 Å². The lowest BCUT2D eigenvalue weighted by Crippen LogP contribution is -2.59. The fourth-order valence-corrected chi connectivity index (χ4v) is 6.33. The van der Waals surface area contributed by atoms with E-state index in [0.717, 1.165) is 128 Å². The minimum absolute atomic E-state index is 0.202. The van der Waals surface area contributed by atoms with Crippen molar-refractivity contribution >= 4 is 20.4 Å². The minimum atomic E-state index is -2.06. The molecule has 0 N–H and O–H groups in total. The summed E-state index contributed by atoms with van der Waals surface area (Å²) in [5.74, 6) is -3.14. The summed E-state index contributed by atoms with van der Waals surface area (Å²) in [7, 11) is -0.587. The summed E-state index contributed by atoms with van der Waals surface area (Å²) in [6.45, 7) is 17.9. The zero-order valence-electron chi connectivity index (χ0n) is 33.2. The molecule has 0 heterocycles. The minimum Gasteiger partial charge on any atom is -0.432 e. The molecule has 298 valence electrons. The van der Waals surface area contributed by atoms with E-state index in [1.54, 1.807) is 6.92 Å². The Kier molecular flexibility index (Phi) is 31.9. The molecule has 0 saturated carbocycles. The van der Waals surface area contributed by atoms with Crippen molar-refractivity contribution in [3.8, 4) is 0 Å². The molecule has 4 unspecified atom stereocenters. The number of hydrogen-bond donors (Lipinski definition) is 0. The van der Waals surface area contributed by atoms with E-state index in [2.05, 4.69) is 40.9 Å². The van der Waals surface area contributed by atoms with Gasteiger partial charge in [0.1, 0.15) is 0 Å². The molecule has 0 aromatic heterocycles. The predicted molar refractivity (Wildman–Crippen MR) is 206 cm³/mol. The molecule has 51 heavy (non-hydrogen) atoms. The van der Waals surface area contributed by atoms with Gasteiger partial charge in [-0.05, 0) is 32.6 Å². The molecule has 9 nitrogen and oxygen atoms in total. The van der Waals surface area contributed by atoms with Crippen LogP contribution in [0.3, 0.4) is 0 Å². The van der Waals surface area contributed by atoms with Crippen LogP contribution in [0.2, 0.25) is 0 Å². The van der Waals surface area contributed by atoms with Crippen LogP contribution >= 0.6 is 8.46 Å². The molecule has 4 atom stereocenters. The van der Waals surface area contributed by atoms with Crippen LogP contribution in [0.1, 0.15) is 189 Å². The lowest BCUT2D eigenvalue weighted by Gasteiger charge is -2.44. The first-order valence-electron chi connectivity index (χ1n) is 20.3. The van der Waals surface area contributed by atoms with Crippen LogP contribution in [0.25, 0.3) is 0 Å². The van der Waals surface area contributed by atoms with Gasteiger partial charge in [-0.3, -0.25) is 9.30 Å². The van der Waals surface area contributed by atoms with Gasteiger partial charge in [-0.1, -0.05) is 156 Å². The van der Waals surface area contributed by atoms with E-state index in [1.807, 2.05) is 0 Å². The fraction of sp³-hybridized carbons (Fsp3) is 0.854. The van der Waals surface area contributed by atoms with Crippen molar-refractivity contribution in [3.63, 3.8) is 0 Å². The SMILES string of the molecule is C=CC(=O)OC(CCCCCCC)OC(C)(OCCCCCCCC)C(OCCCCCCCC)(OC(CCCCCCC)OC(=O)C=C)P=O. The molecule has 0 aliphatic heterocycles. The maximum absolute atomic E-state index is 13.6. The largest absolute Gasteiger partial charge is 0.432 e. The quantitative estimate of drug-likeness (QED) is 0.0201. The lowest BCUT2D eigenvalue weighted by molar-refractivity contribution is -0.412. The van der Waals surface area contributed by atoms with Crippen molar-refractivity contribution in [3.05, 3.63) is 25.3 Å². The van der Waals surface area contributed by atoms with E-state index >= 15 is 0 Å². The Morgan fingerprint density at radius 1 is 0.549 bits per heavy atom. The normalized spacial score (nSPS) is 15.1. The van der Waals surface area contributed by atoms with Crippen molar-refractivity contribution in [2.75, 3.05) is 13.2 Å². The first-order chi connectivity index (χ1) is 24.7. The maximum Gasteiger partial charge on any atom is 0.332 e. The number of esters is 2. The number of unbranched alkanes of at least 4 members (excludes halogenated alkanes) is 18. The van der Waals surface area contributed by atoms with E-state index in [9.17, 15) is 14.2 Å². The Hall–Kier alpha value is -1.64. The number of carbonyl (C=O) groups is 2. The van der Waals surface area contributed by atoms with Crippen LogP contribution in [0, 0.1) is 0 Å². The molecule has 10 heteroatoms. The van der Waals surface area contributed by atoms with Gasteiger partial charge in [0.15, 0.2) is 0 Å². The molecule has 0 aliphatic rings. The standard InChI is InChI=1S/C41H75O9P/c1-8-14-18-22-26-30-34-45-40(7,49-38(47-36(42)12-5)32-28-24-20-16-10-3)41(51-44,46-35-31-27-23-19-15-9-2)50-39(48-37(43)13-6)33-29-25-21-17-11-4/h12-13,38-39H,5-6,8-11,14-35H2,1-4,7H3. The van der Waals surface area contributed by atoms with Crippen LogP contribution in [0.4, 0.5) is 0 Å². The van der Waals surface area contributed by atoms with Gasteiger partial charge in [0.05, 0.1) is 13.2 Å². The van der Waals surface area contributed by atoms with Gasteiger partial charge in [0.25, 0.3) is 0 Å². The molecule has 0 rings (SSSR count). The molecule has 0 fully saturated rings. The number of ether oxygens (including phenoxy) is 6. The van der Waals surface area contributed by atoms with E-state index in [4.69, 9.17) is 28.4 Å². The number of rotatable bonds is 38. The van der Waals surface area contributed by atoms with Gasteiger partial charge in [-0.2, -0.15) is 0 Å². The Labute approximate surface area is 313 Å². The molecular weight excluding hydrogens is 667 g/mol. The molecule has 0 aliphatic carbocycles. The van der Waals surface area contributed by atoms with E-state index in [0.29, 0.717) is 25.7 Å². The maximum atomic E-state index is 13.6. The average molecular weight is 743 g/mol. The summed E-state index contributed by atoms with van der Waals surface area (Å²) in [6, 6.07) is 0. The molecule has 0 spiro atoms. The number of hydrogen-bond acceptors (Lipinski definition) is 9. The number of carbonyl (C=O) groups excluding carboxylic acids is 2. The van der Waals surface area contributed by atoms with Crippen molar-refractivity contribution < 1.29 is 42.6 Å². The fourth-order valence-electron chi connectivity index (χ4n) is 5.74. The van der Waals surface area contributed by atoms with Crippen LogP contribution < -0.4 is 0 Å². The Morgan fingerprint density at radius 3 is 1.29 bits per heavy atom. The zero-order chi connectivity index (χ0) is 38.1. The van der Waals surface area contributed by atoms with Gasteiger partial charge >= 0.3 is 17.5 Å². The molecule has 0 bridgehead atoms. The lowest BCUT2D eigenvalue weighted by atomic mass is 10.1. The van der Waals surface area contributed by atoms with Crippen LogP contribution in [-0.4, -0.2) is 49.0 Å². The Morgan fingerprint density at radius 2 is 0.902 bits per heavy atom. The second kappa shape index (κ2) is 33.0. The van der Waals surface area contributed by atoms with Crippen LogP contribution in [-0.2, 0) is 42.6 Å². The molecule has 0 aromatic rings. The Balaban J connectivity index is 6.67. The average Bonchev–Trinajstić information content (AvgIpc) is 3.12. The summed E-state index contributed by atoms with van der Waals surface area (Å²) >= 11 is 0. The molecule has 0 amide bonds. The first kappa shape index (κ1) is 49.4. The predicted octanol–water partition coefficient (Wildman–Crippen LogP) is 12.3. The summed E-state index contributed by atoms with van der Waals surface area (Å²) in [4.78, 5) is 25.1. The molecule has 0 saturated heterocycles. The van der Waals surface area contributed by atoms with Gasteiger partial charge in [0, 0.05) is 25.0 Å². The van der Waals surface area contributed by atoms with Gasteiger partial charge in [-0.15, -0.1) is 0 Å². The third-order valence-electron chi connectivity index (χ3n) is 8.93. The second-order valence-electron chi connectivity index (χ2n) is 13.6. The summed E-state index contributed by atoms with van der Waals surface area (Å²) < 4.78 is 51.1. The summed E-state index contributed by atoms with van der Waals surface area (Å²) in [5.41, 5.74) is -2.06. The van der Waals surface area contributed by atoms with Crippen molar-refractivity contribution in [1.29, 1.82) is 0 Å². The smallest absolute Gasteiger partial charge is 0.332 e. The summed E-state index contributed by atoms with van der Waals surface area (Å²) in [6.07, 6.45) is 22.9. The Bertz CT molecular complexity index is 900. The zero-order valence-corrected chi connectivity index (χ0v) is 34.1. The highest BCUT2D eigenvalue weighted by Crippen LogP contribution is 2.44. The third-order valence-corrected chi connectivity index (χ3v) is 9.81. The van der Waals surface area contributed by atoms with Gasteiger partial charge in [0.2, 0.25) is 26.8 Å². The van der Waals surface area contributed by atoms with Crippen LogP contribution in [0.5, 0.6) is 0 Å². The molecular formula is C41H75O9P. The monoisotopic (exact) mass is 743 g/mol. The highest BCUT2D eigenvalue weighted by molar-refractivity contribution is 7.25. The van der Waals surface area contributed by atoms with Gasteiger partial charge < -0.3 is 23.7 Å². The van der Waals surface area contributed by atoms with E-state index in [1.165, 1.54) is 12.8 Å². The summed E-state index contributed by atoms with van der Waals surface area (Å²) in [5, 5.41) is 0. The molecule has 0 radical (unpaired) electrons. The van der Waals surface area contributed by atoms with Crippen LogP contribution in [0.15, 0.2) is 25.3 Å². The third kappa shape index (κ3) is 23.6. The van der Waals surface area contributed by atoms with E-state index in [-0.39, 0.29) is 13.2 Å². The van der Waals surface area contributed by atoms with Crippen molar-refractivity contribution in [1.82, 2.24) is 0 Å². The second-order valence-corrected chi connectivity index (χ2v) is 14.4.